The number of alkyl carbamates (subject to hydrolysis) is 4. The molecule has 0 bridgehead atoms. The van der Waals surface area contributed by atoms with E-state index in [1.165, 1.54) is 58.0 Å². The van der Waals surface area contributed by atoms with Crippen LogP contribution in [0.2, 0.25) is 0 Å². The molecule has 0 radical (unpaired) electrons. The van der Waals surface area contributed by atoms with Gasteiger partial charge in [0.1, 0.15) is 90.8 Å². The molecule has 0 aromatic heterocycles. The second-order valence-electron chi connectivity index (χ2n) is 41.4. The summed E-state index contributed by atoms with van der Waals surface area (Å²) >= 11 is 3.68. The summed E-state index contributed by atoms with van der Waals surface area (Å²) in [4.78, 5) is 157. The van der Waals surface area contributed by atoms with E-state index in [1.54, 1.807) is 125 Å². The number of carbonyl (C=O) groups excluding carboxylic acids is 11. The Kier molecular flexibility index (Phi) is 55.0. The standard InChI is InChI=1S/C37H43NO6.C31H49NO6.C17H29NO6.C15H13NO2S.C14H25NO6/c1-2-24-43-36(41)28(19-11-6-4-3-5-8-16-27-17-9-7-10-18-27)25-34(35(39)40)38-37(42)44-26-33-31-22-14-12-20-29(31)30-21-13-15-23-32(30)33;1-8-22-36-27(33)25(21-17-12-10-9-11-14-18-24-19-15-13-16-20-24)23-26(28(34)37-30(2,3)4)32-29(35)38-31(5,6)7;1-8-11-22-13(19)10-9-12(14(20)23-16(2,3)4)18-15(21)24-17(5,6)7;17-15(16-19)18-9-14-12-7-3-1-5-10(12)11-6-2-4-8-13(11)14;1-13(2,3)20-11(18)9(7-8-10(16)17)15-12(19)21-14(4,5)6/h2,7,9-10,12-15,17-18,20-23,28,33-34H,1,3-6,8,11,16,19,24-26H2,(H,38,42)(H,39,40);8,13,15-16,19-20,25-26H,1,9-12,14,17-18,21-23H2,2-7H3,(H,32,35);8,12H,1,9-11H2,2-7H3,(H,18,21);1-8,14,19H,9H2,(H,16,17);9H,7-8H2,1-6H3,(H,15,19)(H,16,17)/t28-,34-;25-,26-;12-;;9-/m000.0/s1. The van der Waals surface area contributed by atoms with Crippen molar-refractivity contribution in [2.45, 2.75) is 335 Å². The minimum absolute atomic E-state index is 0.0458. The maximum atomic E-state index is 13.0. The average Bonchev–Trinajstić information content (AvgIpc) is 1.62. The molecule has 8 rings (SSSR count). The van der Waals surface area contributed by atoms with E-state index in [2.05, 4.69) is 131 Å². The first kappa shape index (κ1) is 125. The summed E-state index contributed by atoms with van der Waals surface area (Å²) < 4.78 is 59.8. The Morgan fingerprint density at radius 3 is 0.918 bits per heavy atom. The lowest BCUT2D eigenvalue weighted by Gasteiger charge is -2.28. The topological polar surface area (TPSA) is 424 Å². The van der Waals surface area contributed by atoms with Crippen LogP contribution in [0, 0.1) is 11.8 Å². The number of amides is 5. The van der Waals surface area contributed by atoms with Gasteiger partial charge in [0.25, 0.3) is 0 Å². The number of nitrogens with one attached hydrogen (secondary N) is 5. The van der Waals surface area contributed by atoms with Crippen molar-refractivity contribution in [3.05, 3.63) is 229 Å². The van der Waals surface area contributed by atoms with Crippen molar-refractivity contribution < 1.29 is 125 Å². The Morgan fingerprint density at radius 2 is 0.596 bits per heavy atom. The lowest BCUT2D eigenvalue weighted by Crippen LogP contribution is -2.47. The largest absolute Gasteiger partial charge is 0.481 e. The first-order valence-corrected chi connectivity index (χ1v) is 50.6. The minimum Gasteiger partial charge on any atom is -0.481 e. The number of fused-ring (bicyclic) bond motifs is 6. The van der Waals surface area contributed by atoms with Crippen LogP contribution in [0.4, 0.5) is 24.0 Å². The SMILES string of the molecule is C=CCOC(=O)CC[C@H](NC(=O)OC(C)(C)C)C(=O)OC(C)(C)C.C=CCOC(=O)[C@@H](CCCCCCCCc1ccccc1)C[C@H](NC(=O)OC(C)(C)C)C(=O)OC(C)(C)C.C=CCOC(=O)[C@@H](CCCCCCCCc1ccccc1)C[C@H](NC(=O)OCC1c2ccccc2-c2ccccc21)C(=O)O.CC(C)(C)OC(=O)N[C@@H](CCC(=O)O)C(=O)OC(C)(C)C.O=C(NS)OCC1c2ccccc2-c2ccccc21. The van der Waals surface area contributed by atoms with Crippen molar-refractivity contribution in [1.82, 2.24) is 26.0 Å². The molecule has 2 aliphatic carbocycles. The van der Waals surface area contributed by atoms with Crippen molar-refractivity contribution in [3.8, 4) is 22.3 Å². The number of thiol groups is 1. The minimum atomic E-state index is -1.29. The zero-order valence-corrected chi connectivity index (χ0v) is 89.6. The number of aryl methyl sites for hydroxylation is 2. The summed E-state index contributed by atoms with van der Waals surface area (Å²) in [6, 6.07) is 49.0. The molecular weight excluding hydrogens is 1890 g/mol. The molecule has 2 aliphatic rings. The molecule has 146 heavy (non-hydrogen) atoms. The number of carbonyl (C=O) groups is 13. The molecule has 32 heteroatoms. The maximum Gasteiger partial charge on any atom is 0.417 e. The second-order valence-corrected chi connectivity index (χ2v) is 41.7. The van der Waals surface area contributed by atoms with Gasteiger partial charge in [0.15, 0.2) is 0 Å². The fourth-order valence-electron chi connectivity index (χ4n) is 15.5. The van der Waals surface area contributed by atoms with Crippen molar-refractivity contribution >= 4 is 91.0 Å². The van der Waals surface area contributed by atoms with Gasteiger partial charge in [-0.3, -0.25) is 23.9 Å². The number of benzene rings is 6. The number of carboxylic acids is 2. The smallest absolute Gasteiger partial charge is 0.417 e. The molecule has 6 aromatic carbocycles. The van der Waals surface area contributed by atoms with E-state index in [0.717, 1.165) is 106 Å². The van der Waals surface area contributed by atoms with Gasteiger partial charge in [-0.1, -0.05) is 273 Å². The van der Waals surface area contributed by atoms with E-state index in [9.17, 15) is 67.4 Å². The second kappa shape index (κ2) is 64.1. The van der Waals surface area contributed by atoms with Crippen LogP contribution >= 0.6 is 12.8 Å². The van der Waals surface area contributed by atoms with Crippen LogP contribution in [-0.4, -0.2) is 179 Å². The normalized spacial score (nSPS) is 13.1. The zero-order chi connectivity index (χ0) is 109. The fourth-order valence-corrected chi connectivity index (χ4v) is 15.5. The quantitative estimate of drug-likeness (QED) is 0.00578. The summed E-state index contributed by atoms with van der Waals surface area (Å²) in [5.41, 5.74) is 7.58. The molecule has 0 saturated carbocycles. The van der Waals surface area contributed by atoms with Crippen LogP contribution in [0.5, 0.6) is 0 Å². The molecule has 6 atom stereocenters. The van der Waals surface area contributed by atoms with Crippen LogP contribution in [-0.2, 0) is 103 Å². The van der Waals surface area contributed by atoms with Crippen LogP contribution in [0.3, 0.4) is 0 Å². The third-order valence-electron chi connectivity index (χ3n) is 21.8. The number of hydrogen-bond donors (Lipinski definition) is 8. The molecule has 0 spiro atoms. The number of rotatable bonds is 48. The fraction of sp³-hybridized carbons (Fsp3) is 0.518. The van der Waals surface area contributed by atoms with Gasteiger partial charge in [-0.25, -0.2) is 43.2 Å². The third kappa shape index (κ3) is 52.7. The van der Waals surface area contributed by atoms with Gasteiger partial charge in [-0.15, -0.1) is 0 Å². The van der Waals surface area contributed by atoms with Crippen LogP contribution in [0.1, 0.15) is 298 Å². The molecule has 6 aromatic rings. The molecule has 0 saturated heterocycles. The third-order valence-corrected chi connectivity index (χ3v) is 22.0. The summed E-state index contributed by atoms with van der Waals surface area (Å²) in [5.74, 6) is -6.87. The van der Waals surface area contributed by atoms with Crippen molar-refractivity contribution in [2.75, 3.05) is 33.0 Å². The Balaban J connectivity index is 0.000000395. The number of unbranched alkanes of at least 4 members (excludes halogenated alkanes) is 10. The Bertz CT molecular complexity index is 5030. The van der Waals surface area contributed by atoms with Crippen molar-refractivity contribution in [3.63, 3.8) is 0 Å². The zero-order valence-electron chi connectivity index (χ0n) is 88.7. The number of ether oxygens (including phenoxy) is 11. The number of carboxylic acid groups (broad SMARTS) is 2. The van der Waals surface area contributed by atoms with E-state index >= 15 is 0 Å². The lowest BCUT2D eigenvalue weighted by atomic mass is 9.93. The van der Waals surface area contributed by atoms with E-state index in [1.807, 2.05) is 84.9 Å². The summed E-state index contributed by atoms with van der Waals surface area (Å²) in [6.07, 6.45) is 16.2. The Labute approximate surface area is 868 Å². The lowest BCUT2D eigenvalue weighted by molar-refractivity contribution is -0.160. The van der Waals surface area contributed by atoms with Gasteiger partial charge < -0.3 is 83.6 Å². The molecule has 31 nitrogen and oxygen atoms in total. The van der Waals surface area contributed by atoms with E-state index in [-0.39, 0.29) is 76.8 Å². The molecule has 0 heterocycles. The molecular formula is C114H159N5O26S. The highest BCUT2D eigenvalue weighted by molar-refractivity contribution is 7.78. The maximum absolute atomic E-state index is 13.0. The average molecular weight is 2050 g/mol. The molecule has 7 N–H and O–H groups in total. The summed E-state index contributed by atoms with van der Waals surface area (Å²) in [5, 5.41) is 28.5. The number of hydrogen-bond acceptors (Lipinski definition) is 25. The van der Waals surface area contributed by atoms with Crippen LogP contribution in [0.15, 0.2) is 196 Å². The van der Waals surface area contributed by atoms with Crippen LogP contribution < -0.4 is 26.0 Å². The van der Waals surface area contributed by atoms with Gasteiger partial charge in [0.05, 0.1) is 11.8 Å². The highest BCUT2D eigenvalue weighted by atomic mass is 32.1. The molecule has 802 valence electrons. The first-order chi connectivity index (χ1) is 68.7. The van der Waals surface area contributed by atoms with Crippen molar-refractivity contribution in [1.29, 1.82) is 0 Å². The number of esters is 6. The van der Waals surface area contributed by atoms with E-state index in [0.29, 0.717) is 19.4 Å². The molecule has 0 fully saturated rings. The summed E-state index contributed by atoms with van der Waals surface area (Å²) in [6.45, 7) is 42.1. The van der Waals surface area contributed by atoms with Crippen molar-refractivity contribution in [2.24, 2.45) is 11.8 Å². The van der Waals surface area contributed by atoms with E-state index in [4.69, 9.17) is 57.2 Å². The summed E-state index contributed by atoms with van der Waals surface area (Å²) in [7, 11) is 0. The first-order valence-electron chi connectivity index (χ1n) is 50.1. The predicted octanol–water partition coefficient (Wildman–Crippen LogP) is 22.8. The molecule has 0 unspecified atom stereocenters. The van der Waals surface area contributed by atoms with Gasteiger partial charge in [-0.2, -0.15) is 0 Å². The Morgan fingerprint density at radius 1 is 0.315 bits per heavy atom. The van der Waals surface area contributed by atoms with Gasteiger partial charge in [0, 0.05) is 24.7 Å². The molecule has 5 amide bonds. The highest BCUT2D eigenvalue weighted by Crippen LogP contribution is 2.46. The Hall–Kier alpha value is -13.0. The van der Waals surface area contributed by atoms with Gasteiger partial charge in [-0.05, 0) is 244 Å². The van der Waals surface area contributed by atoms with Gasteiger partial charge >= 0.3 is 78.2 Å². The molecule has 0 aliphatic heterocycles. The monoisotopic (exact) mass is 2050 g/mol. The van der Waals surface area contributed by atoms with E-state index < -0.39 is 148 Å². The number of aliphatic carboxylic acids is 2. The highest BCUT2D eigenvalue weighted by Gasteiger charge is 2.38. The van der Waals surface area contributed by atoms with Gasteiger partial charge in [0.2, 0.25) is 0 Å². The predicted molar refractivity (Wildman–Crippen MR) is 565 cm³/mol. The van der Waals surface area contributed by atoms with Crippen LogP contribution in [0.25, 0.3) is 22.3 Å².